The molecule has 8 heteroatoms. The van der Waals surface area contributed by atoms with E-state index in [9.17, 15) is 9.59 Å². The first-order valence-corrected chi connectivity index (χ1v) is 10.9. The molecular weight excluding hydrogens is 370 g/mol. The molecule has 4 rings (SSSR count). The van der Waals surface area contributed by atoms with Crippen LogP contribution in [0.3, 0.4) is 0 Å². The highest BCUT2D eigenvalue weighted by Gasteiger charge is 2.26. The molecule has 1 saturated heterocycles. The van der Waals surface area contributed by atoms with E-state index in [-0.39, 0.29) is 17.4 Å². The Balaban J connectivity index is 1.81. The Hall–Kier alpha value is -1.38. The number of primary amides is 1. The van der Waals surface area contributed by atoms with Crippen LogP contribution in [0.25, 0.3) is 10.2 Å². The third-order valence-electron chi connectivity index (χ3n) is 5.13. The standard InChI is InChI=1S/C18H23N3O3S2/c1-10-4-5-12-13(7-10)26-16-15(12)17(23)21(8-11-3-2-6-24-11)18(20-16)25-9-14(19)22/h10-11H,2-9H2,1H3,(H2,19,22)/t10-,11+/m0/s1. The van der Waals surface area contributed by atoms with Crippen molar-refractivity contribution in [3.8, 4) is 0 Å². The molecule has 2 atom stereocenters. The summed E-state index contributed by atoms with van der Waals surface area (Å²) in [5.41, 5.74) is 6.49. The number of fused-ring (bicyclic) bond motifs is 3. The third-order valence-corrected chi connectivity index (χ3v) is 7.28. The van der Waals surface area contributed by atoms with Gasteiger partial charge in [0.05, 0.1) is 23.8 Å². The van der Waals surface area contributed by atoms with E-state index in [1.54, 1.807) is 15.9 Å². The lowest BCUT2D eigenvalue weighted by molar-refractivity contribution is -0.115. The smallest absolute Gasteiger partial charge is 0.263 e. The molecule has 1 aliphatic carbocycles. The zero-order valence-corrected chi connectivity index (χ0v) is 16.5. The highest BCUT2D eigenvalue weighted by Crippen LogP contribution is 2.36. The van der Waals surface area contributed by atoms with Crippen molar-refractivity contribution in [3.05, 3.63) is 20.8 Å². The van der Waals surface area contributed by atoms with Crippen LogP contribution in [-0.4, -0.2) is 33.9 Å². The predicted molar refractivity (Wildman–Crippen MR) is 104 cm³/mol. The number of hydrogen-bond donors (Lipinski definition) is 1. The lowest BCUT2D eigenvalue weighted by atomic mass is 9.89. The molecule has 0 saturated carbocycles. The van der Waals surface area contributed by atoms with E-state index in [0.717, 1.165) is 48.9 Å². The molecular formula is C18H23N3O3S2. The molecule has 2 aromatic rings. The van der Waals surface area contributed by atoms with Gasteiger partial charge in [0.2, 0.25) is 5.91 Å². The third kappa shape index (κ3) is 3.42. The number of nitrogens with two attached hydrogens (primary N) is 1. The fraction of sp³-hybridized carbons (Fsp3) is 0.611. The minimum absolute atomic E-state index is 0.00419. The van der Waals surface area contributed by atoms with Gasteiger partial charge in [-0.05, 0) is 43.6 Å². The van der Waals surface area contributed by atoms with E-state index < -0.39 is 5.91 Å². The second-order valence-corrected chi connectivity index (χ2v) is 9.26. The number of ether oxygens (including phenoxy) is 1. The Bertz CT molecular complexity index is 899. The fourth-order valence-electron chi connectivity index (χ4n) is 3.80. The number of aromatic nitrogens is 2. The fourth-order valence-corrected chi connectivity index (χ4v) is 5.98. The number of amides is 1. The van der Waals surface area contributed by atoms with Gasteiger partial charge in [0, 0.05) is 11.5 Å². The van der Waals surface area contributed by atoms with Crippen LogP contribution in [0.1, 0.15) is 36.6 Å². The molecule has 1 fully saturated rings. The van der Waals surface area contributed by atoms with E-state index in [0.29, 0.717) is 17.6 Å². The highest BCUT2D eigenvalue weighted by atomic mass is 32.2. The second kappa shape index (κ2) is 7.32. The van der Waals surface area contributed by atoms with Gasteiger partial charge >= 0.3 is 0 Å². The number of rotatable bonds is 5. The summed E-state index contributed by atoms with van der Waals surface area (Å²) in [5, 5.41) is 1.35. The van der Waals surface area contributed by atoms with Crippen molar-refractivity contribution in [1.29, 1.82) is 0 Å². The number of thiophene rings is 1. The molecule has 3 heterocycles. The first kappa shape index (κ1) is 18.0. The number of carbonyl (C=O) groups excluding carboxylic acids is 1. The predicted octanol–water partition coefficient (Wildman–Crippen LogP) is 2.34. The molecule has 1 aliphatic heterocycles. The second-order valence-electron chi connectivity index (χ2n) is 7.23. The van der Waals surface area contributed by atoms with E-state index in [2.05, 4.69) is 6.92 Å². The van der Waals surface area contributed by atoms with Crippen LogP contribution in [0.15, 0.2) is 9.95 Å². The summed E-state index contributed by atoms with van der Waals surface area (Å²) in [6.07, 6.45) is 5.08. The number of hydrogen-bond acceptors (Lipinski definition) is 6. The van der Waals surface area contributed by atoms with Crippen molar-refractivity contribution in [2.75, 3.05) is 12.4 Å². The van der Waals surface area contributed by atoms with Crippen LogP contribution in [-0.2, 0) is 28.9 Å². The molecule has 140 valence electrons. The van der Waals surface area contributed by atoms with Gasteiger partial charge in [0.25, 0.3) is 5.56 Å². The van der Waals surface area contributed by atoms with E-state index >= 15 is 0 Å². The van der Waals surface area contributed by atoms with Crippen molar-refractivity contribution < 1.29 is 9.53 Å². The van der Waals surface area contributed by atoms with Gasteiger partial charge in [0.15, 0.2) is 5.16 Å². The van der Waals surface area contributed by atoms with Gasteiger partial charge in [-0.3, -0.25) is 14.2 Å². The van der Waals surface area contributed by atoms with Crippen LogP contribution in [0.4, 0.5) is 0 Å². The summed E-state index contributed by atoms with van der Waals surface area (Å²) in [6.45, 7) is 3.49. The Kier molecular flexibility index (Phi) is 5.07. The molecule has 2 aliphatic rings. The maximum absolute atomic E-state index is 13.3. The number of aryl methyl sites for hydroxylation is 1. The molecule has 2 N–H and O–H groups in total. The van der Waals surface area contributed by atoms with Crippen LogP contribution in [0.2, 0.25) is 0 Å². The number of nitrogens with zero attached hydrogens (tertiary/aromatic N) is 2. The van der Waals surface area contributed by atoms with Gasteiger partial charge < -0.3 is 10.5 Å². The Morgan fingerprint density at radius 3 is 3.04 bits per heavy atom. The first-order chi connectivity index (χ1) is 12.5. The maximum atomic E-state index is 13.3. The lowest BCUT2D eigenvalue weighted by Gasteiger charge is -2.18. The summed E-state index contributed by atoms with van der Waals surface area (Å²) in [7, 11) is 0. The van der Waals surface area contributed by atoms with Crippen LogP contribution in [0, 0.1) is 5.92 Å². The van der Waals surface area contributed by atoms with E-state index in [1.165, 1.54) is 22.2 Å². The monoisotopic (exact) mass is 393 g/mol. The molecule has 6 nitrogen and oxygen atoms in total. The van der Waals surface area contributed by atoms with Gasteiger partial charge in [-0.25, -0.2) is 4.98 Å². The van der Waals surface area contributed by atoms with Gasteiger partial charge in [-0.2, -0.15) is 0 Å². The van der Waals surface area contributed by atoms with Gasteiger partial charge in [0.1, 0.15) is 4.83 Å². The number of carbonyl (C=O) groups is 1. The summed E-state index contributed by atoms with van der Waals surface area (Å²) in [4.78, 5) is 31.4. The summed E-state index contributed by atoms with van der Waals surface area (Å²) in [6, 6.07) is 0. The van der Waals surface area contributed by atoms with Crippen molar-refractivity contribution in [1.82, 2.24) is 9.55 Å². The average Bonchev–Trinajstić information content (AvgIpc) is 3.22. The van der Waals surface area contributed by atoms with Crippen molar-refractivity contribution >= 4 is 39.2 Å². The molecule has 0 unspecified atom stereocenters. The molecule has 0 aromatic carbocycles. The largest absolute Gasteiger partial charge is 0.376 e. The van der Waals surface area contributed by atoms with Crippen LogP contribution in [0.5, 0.6) is 0 Å². The summed E-state index contributed by atoms with van der Waals surface area (Å²) in [5.74, 6) is 0.353. The topological polar surface area (TPSA) is 87.2 Å². The maximum Gasteiger partial charge on any atom is 0.263 e. The van der Waals surface area contributed by atoms with Crippen molar-refractivity contribution in [2.45, 2.75) is 56.8 Å². The molecule has 0 radical (unpaired) electrons. The van der Waals surface area contributed by atoms with Crippen molar-refractivity contribution in [2.24, 2.45) is 11.7 Å². The Labute approximate surface area is 160 Å². The normalized spacial score (nSPS) is 22.7. The molecule has 2 aromatic heterocycles. The molecule has 0 spiro atoms. The quantitative estimate of drug-likeness (QED) is 0.622. The lowest BCUT2D eigenvalue weighted by Crippen LogP contribution is -2.29. The molecule has 0 bridgehead atoms. The molecule has 1 amide bonds. The van der Waals surface area contributed by atoms with Crippen molar-refractivity contribution in [3.63, 3.8) is 0 Å². The van der Waals surface area contributed by atoms with Crippen LogP contribution >= 0.6 is 23.1 Å². The average molecular weight is 394 g/mol. The Morgan fingerprint density at radius 2 is 2.31 bits per heavy atom. The minimum Gasteiger partial charge on any atom is -0.376 e. The zero-order chi connectivity index (χ0) is 18.3. The number of thioether (sulfide) groups is 1. The molecule has 26 heavy (non-hydrogen) atoms. The van der Waals surface area contributed by atoms with Gasteiger partial charge in [-0.15, -0.1) is 11.3 Å². The van der Waals surface area contributed by atoms with E-state index in [4.69, 9.17) is 15.5 Å². The van der Waals surface area contributed by atoms with Crippen LogP contribution < -0.4 is 11.3 Å². The first-order valence-electron chi connectivity index (χ1n) is 9.10. The summed E-state index contributed by atoms with van der Waals surface area (Å²) >= 11 is 2.87. The van der Waals surface area contributed by atoms with E-state index in [1.807, 2.05) is 0 Å². The van der Waals surface area contributed by atoms with Gasteiger partial charge in [-0.1, -0.05) is 18.7 Å². The Morgan fingerprint density at radius 1 is 1.46 bits per heavy atom. The summed E-state index contributed by atoms with van der Waals surface area (Å²) < 4.78 is 7.43. The SMILES string of the molecule is C[C@H]1CCc2c(sc3nc(SCC(N)=O)n(C[C@H]4CCCO4)c(=O)c23)C1. The minimum atomic E-state index is -0.410. The highest BCUT2D eigenvalue weighted by molar-refractivity contribution is 7.99. The zero-order valence-electron chi connectivity index (χ0n) is 14.8.